The van der Waals surface area contributed by atoms with Gasteiger partial charge in [0.1, 0.15) is 0 Å². The second-order valence-electron chi connectivity index (χ2n) is 6.03. The minimum atomic E-state index is -0.693. The van der Waals surface area contributed by atoms with Crippen LogP contribution in [0.4, 0.5) is 4.79 Å². The third kappa shape index (κ3) is 3.52. The second-order valence-corrected chi connectivity index (χ2v) is 6.92. The average Bonchev–Trinajstić information content (AvgIpc) is 3.28. The molecular weight excluding hydrogens is 366 g/mol. The molecule has 2 heterocycles. The summed E-state index contributed by atoms with van der Waals surface area (Å²) in [5.74, 6) is -0.708. The number of hydrogen-bond acceptors (Lipinski definition) is 6. The van der Waals surface area contributed by atoms with Gasteiger partial charge in [-0.1, -0.05) is 30.3 Å². The Morgan fingerprint density at radius 3 is 2.78 bits per heavy atom. The summed E-state index contributed by atoms with van der Waals surface area (Å²) >= 11 is 1.46. The zero-order valence-corrected chi connectivity index (χ0v) is 14.9. The van der Waals surface area contributed by atoms with E-state index in [1.165, 1.54) is 11.3 Å². The first-order valence-corrected chi connectivity index (χ1v) is 9.16. The number of rotatable bonds is 5. The molecule has 1 N–H and O–H groups in total. The second kappa shape index (κ2) is 7.16. The van der Waals surface area contributed by atoms with E-state index in [-0.39, 0.29) is 19.1 Å². The molecular formula is C19H15N3O4S. The first-order valence-electron chi connectivity index (χ1n) is 8.28. The van der Waals surface area contributed by atoms with Crippen molar-refractivity contribution in [3.63, 3.8) is 0 Å². The van der Waals surface area contributed by atoms with Crippen molar-refractivity contribution >= 4 is 39.5 Å². The van der Waals surface area contributed by atoms with Gasteiger partial charge in [-0.25, -0.2) is 14.7 Å². The van der Waals surface area contributed by atoms with Gasteiger partial charge in [-0.3, -0.25) is 9.59 Å². The van der Waals surface area contributed by atoms with Crippen molar-refractivity contribution in [3.05, 3.63) is 65.2 Å². The molecule has 0 radical (unpaired) electrons. The Balaban J connectivity index is 1.59. The van der Waals surface area contributed by atoms with E-state index in [1.54, 1.807) is 23.7 Å². The van der Waals surface area contributed by atoms with E-state index < -0.39 is 18.0 Å². The lowest BCUT2D eigenvalue weighted by Gasteiger charge is -2.23. The molecule has 1 aliphatic heterocycles. The van der Waals surface area contributed by atoms with E-state index in [4.69, 9.17) is 4.74 Å². The number of aromatic nitrogens is 1. The molecule has 0 saturated carbocycles. The van der Waals surface area contributed by atoms with Crippen molar-refractivity contribution in [1.29, 1.82) is 0 Å². The highest BCUT2D eigenvalue weighted by Crippen LogP contribution is 2.21. The molecule has 1 saturated heterocycles. The number of imide groups is 1. The minimum absolute atomic E-state index is 0.0101. The van der Waals surface area contributed by atoms with Crippen LogP contribution >= 0.6 is 11.3 Å². The number of benzene rings is 2. The number of amides is 3. The van der Waals surface area contributed by atoms with Gasteiger partial charge in [0, 0.05) is 5.56 Å². The molecule has 0 aliphatic carbocycles. The summed E-state index contributed by atoms with van der Waals surface area (Å²) in [7, 11) is 0. The highest BCUT2D eigenvalue weighted by Gasteiger charge is 2.33. The zero-order valence-electron chi connectivity index (χ0n) is 14.1. The van der Waals surface area contributed by atoms with Crippen LogP contribution in [0, 0.1) is 0 Å². The Morgan fingerprint density at radius 1 is 1.22 bits per heavy atom. The fourth-order valence-electron chi connectivity index (χ4n) is 2.90. The number of carbonyl (C=O) groups excluding carboxylic acids is 3. The Bertz CT molecular complexity index is 1000. The lowest BCUT2D eigenvalue weighted by molar-refractivity contribution is -0.126. The Morgan fingerprint density at radius 2 is 2.04 bits per heavy atom. The summed E-state index contributed by atoms with van der Waals surface area (Å²) in [5.41, 5.74) is 3.84. The minimum Gasteiger partial charge on any atom is -0.439 e. The predicted octanol–water partition coefficient (Wildman–Crippen LogP) is 2.75. The third-order valence-corrected chi connectivity index (χ3v) is 5.10. The molecule has 2 aromatic carbocycles. The SMILES string of the molecule is O=C(N[C@H](CN1C(=O)COC1=O)c1ccccc1)c1ccc2ncsc2c1. The largest absolute Gasteiger partial charge is 0.439 e. The van der Waals surface area contributed by atoms with E-state index in [0.717, 1.165) is 20.7 Å². The van der Waals surface area contributed by atoms with Crippen molar-refractivity contribution < 1.29 is 19.1 Å². The molecule has 1 aromatic heterocycles. The van der Waals surface area contributed by atoms with Gasteiger partial charge in [0.25, 0.3) is 11.8 Å². The van der Waals surface area contributed by atoms with Crippen LogP contribution in [0.1, 0.15) is 22.0 Å². The molecule has 4 rings (SSSR count). The van der Waals surface area contributed by atoms with Gasteiger partial charge >= 0.3 is 6.09 Å². The molecule has 1 atom stereocenters. The summed E-state index contributed by atoms with van der Waals surface area (Å²) in [6.07, 6.45) is -0.693. The Labute approximate surface area is 158 Å². The summed E-state index contributed by atoms with van der Waals surface area (Å²) < 4.78 is 5.68. The van der Waals surface area contributed by atoms with Gasteiger partial charge < -0.3 is 10.1 Å². The summed E-state index contributed by atoms with van der Waals surface area (Å²) in [5, 5.41) is 2.92. The van der Waals surface area contributed by atoms with E-state index in [1.807, 2.05) is 30.3 Å². The van der Waals surface area contributed by atoms with Crippen LogP contribution in [0.5, 0.6) is 0 Å². The number of carbonyl (C=O) groups is 3. The van der Waals surface area contributed by atoms with Gasteiger partial charge in [0.2, 0.25) is 0 Å². The van der Waals surface area contributed by atoms with Crippen LogP contribution in [0.2, 0.25) is 0 Å². The number of ether oxygens (including phenoxy) is 1. The van der Waals surface area contributed by atoms with Gasteiger partial charge in [0.05, 0.1) is 28.3 Å². The van der Waals surface area contributed by atoms with E-state index in [0.29, 0.717) is 5.56 Å². The quantitative estimate of drug-likeness (QED) is 0.734. The highest BCUT2D eigenvalue weighted by molar-refractivity contribution is 7.16. The van der Waals surface area contributed by atoms with Crippen LogP contribution in [-0.2, 0) is 9.53 Å². The molecule has 0 bridgehead atoms. The predicted molar refractivity (Wildman–Crippen MR) is 99.3 cm³/mol. The molecule has 136 valence electrons. The van der Waals surface area contributed by atoms with Crippen LogP contribution < -0.4 is 5.32 Å². The molecule has 1 fully saturated rings. The van der Waals surface area contributed by atoms with Crippen LogP contribution in [-0.4, -0.2) is 40.9 Å². The molecule has 27 heavy (non-hydrogen) atoms. The summed E-state index contributed by atoms with van der Waals surface area (Å²) in [6, 6.07) is 13.9. The lowest BCUT2D eigenvalue weighted by Crippen LogP contribution is -2.40. The normalized spacial score (nSPS) is 15.0. The number of nitrogens with one attached hydrogen (secondary N) is 1. The van der Waals surface area contributed by atoms with Crippen LogP contribution in [0.25, 0.3) is 10.2 Å². The van der Waals surface area contributed by atoms with Gasteiger partial charge in [-0.2, -0.15) is 0 Å². The molecule has 1 aliphatic rings. The van der Waals surface area contributed by atoms with Crippen LogP contribution in [0.3, 0.4) is 0 Å². The molecule has 3 amide bonds. The fraction of sp³-hybridized carbons (Fsp3) is 0.158. The number of cyclic esters (lactones) is 1. The summed E-state index contributed by atoms with van der Waals surface area (Å²) in [6.45, 7) is -0.257. The molecule has 0 unspecified atom stereocenters. The molecule has 0 spiro atoms. The fourth-order valence-corrected chi connectivity index (χ4v) is 3.61. The van der Waals surface area contributed by atoms with Gasteiger partial charge in [-0.15, -0.1) is 11.3 Å². The third-order valence-electron chi connectivity index (χ3n) is 4.31. The zero-order chi connectivity index (χ0) is 18.8. The maximum absolute atomic E-state index is 12.8. The number of fused-ring (bicyclic) bond motifs is 1. The van der Waals surface area contributed by atoms with E-state index in [9.17, 15) is 14.4 Å². The topological polar surface area (TPSA) is 88.6 Å². The standard InChI is InChI=1S/C19H15N3O4S/c23-17-10-26-19(25)22(17)9-15(12-4-2-1-3-5-12)21-18(24)13-6-7-14-16(8-13)27-11-20-14/h1-8,11,15H,9-10H2,(H,21,24)/t15-/m1/s1. The van der Waals surface area contributed by atoms with Crippen molar-refractivity contribution in [2.75, 3.05) is 13.2 Å². The maximum Gasteiger partial charge on any atom is 0.417 e. The molecule has 8 heteroatoms. The maximum atomic E-state index is 12.8. The molecule has 7 nitrogen and oxygen atoms in total. The van der Waals surface area contributed by atoms with Gasteiger partial charge in [0.15, 0.2) is 6.61 Å². The van der Waals surface area contributed by atoms with Crippen molar-refractivity contribution in [3.8, 4) is 0 Å². The van der Waals surface area contributed by atoms with Crippen molar-refractivity contribution in [1.82, 2.24) is 15.2 Å². The Kier molecular flexibility index (Phi) is 4.55. The number of hydrogen-bond donors (Lipinski definition) is 1. The van der Waals surface area contributed by atoms with Crippen molar-refractivity contribution in [2.45, 2.75) is 6.04 Å². The first-order chi connectivity index (χ1) is 13.1. The average molecular weight is 381 g/mol. The lowest BCUT2D eigenvalue weighted by atomic mass is 10.1. The smallest absolute Gasteiger partial charge is 0.417 e. The van der Waals surface area contributed by atoms with E-state index in [2.05, 4.69) is 10.3 Å². The number of nitrogens with zero attached hydrogens (tertiary/aromatic N) is 2. The first kappa shape index (κ1) is 17.2. The number of thiazole rings is 1. The van der Waals surface area contributed by atoms with E-state index >= 15 is 0 Å². The monoisotopic (exact) mass is 381 g/mol. The van der Waals surface area contributed by atoms with Gasteiger partial charge in [-0.05, 0) is 23.8 Å². The van der Waals surface area contributed by atoms with Crippen LogP contribution in [0.15, 0.2) is 54.0 Å². The van der Waals surface area contributed by atoms with Crippen molar-refractivity contribution in [2.24, 2.45) is 0 Å². The summed E-state index contributed by atoms with van der Waals surface area (Å²) in [4.78, 5) is 41.7. The Hall–Kier alpha value is -3.26. The highest BCUT2D eigenvalue weighted by atomic mass is 32.1. The molecule has 3 aromatic rings.